The molecule has 0 aliphatic carbocycles. The maximum Gasteiger partial charge on any atom is 0.255 e. The number of hydrogen-bond acceptors (Lipinski definition) is 3. The average Bonchev–Trinajstić information content (AvgIpc) is 2.69. The largest absolute Gasteiger partial charge is 0.494 e. The molecule has 3 rings (SSSR count). The van der Waals surface area contributed by atoms with Gasteiger partial charge in [-0.2, -0.15) is 0 Å². The lowest BCUT2D eigenvalue weighted by Gasteiger charge is -2.10. The molecule has 0 aliphatic rings. The molecule has 2 aromatic carbocycles. The van der Waals surface area contributed by atoms with E-state index < -0.39 is 0 Å². The summed E-state index contributed by atoms with van der Waals surface area (Å²) in [5, 5.41) is 3.88. The van der Waals surface area contributed by atoms with E-state index in [4.69, 9.17) is 4.74 Å². The second-order valence-corrected chi connectivity index (χ2v) is 6.85. The summed E-state index contributed by atoms with van der Waals surface area (Å²) in [7, 11) is 0. The Kier molecular flexibility index (Phi) is 6.14. The maximum atomic E-state index is 12.5. The summed E-state index contributed by atoms with van der Waals surface area (Å²) in [6.45, 7) is 6.72. The van der Waals surface area contributed by atoms with Crippen molar-refractivity contribution < 1.29 is 9.53 Å². The van der Waals surface area contributed by atoms with Crippen LogP contribution in [0.15, 0.2) is 47.3 Å². The van der Waals surface area contributed by atoms with Gasteiger partial charge in [-0.15, -0.1) is 0 Å². The summed E-state index contributed by atoms with van der Waals surface area (Å²) in [6, 6.07) is 12.7. The van der Waals surface area contributed by atoms with Crippen LogP contribution in [0.1, 0.15) is 48.2 Å². The Morgan fingerprint density at radius 2 is 1.86 bits per heavy atom. The highest BCUT2D eigenvalue weighted by Gasteiger charge is 2.10. The molecule has 0 bridgehead atoms. The molecule has 2 N–H and O–H groups in total. The lowest BCUT2D eigenvalue weighted by molar-refractivity contribution is 0.102. The first-order valence-corrected chi connectivity index (χ1v) is 9.73. The van der Waals surface area contributed by atoms with Gasteiger partial charge in [0.05, 0.1) is 12.1 Å². The molecule has 0 saturated heterocycles. The number of carbonyl (C=O) groups is 1. The quantitative estimate of drug-likeness (QED) is 0.579. The van der Waals surface area contributed by atoms with Crippen molar-refractivity contribution in [2.24, 2.45) is 0 Å². The Balaban J connectivity index is 1.76. The number of aromatic amines is 1. The van der Waals surface area contributed by atoms with Gasteiger partial charge in [0.15, 0.2) is 0 Å². The third-order valence-corrected chi connectivity index (χ3v) is 4.89. The number of fused-ring (bicyclic) bond motifs is 1. The highest BCUT2D eigenvalue weighted by atomic mass is 16.5. The Morgan fingerprint density at radius 3 is 2.54 bits per heavy atom. The number of benzene rings is 2. The summed E-state index contributed by atoms with van der Waals surface area (Å²) < 4.78 is 5.62. The number of carbonyl (C=O) groups excluding carboxylic acids is 1. The molecule has 0 atom stereocenters. The van der Waals surface area contributed by atoms with Crippen LogP contribution in [0.4, 0.5) is 5.69 Å². The molecule has 5 nitrogen and oxygen atoms in total. The number of amides is 1. The molecular formula is C23H26N2O3. The Morgan fingerprint density at radius 1 is 1.11 bits per heavy atom. The van der Waals surface area contributed by atoms with Crippen LogP contribution in [0.2, 0.25) is 0 Å². The highest BCUT2D eigenvalue weighted by molar-refractivity contribution is 6.05. The van der Waals surface area contributed by atoms with Crippen LogP contribution >= 0.6 is 0 Å². The molecule has 1 heterocycles. The van der Waals surface area contributed by atoms with Gasteiger partial charge < -0.3 is 15.0 Å². The highest BCUT2D eigenvalue weighted by Crippen LogP contribution is 2.22. The van der Waals surface area contributed by atoms with Crippen LogP contribution in [0.25, 0.3) is 10.9 Å². The average molecular weight is 378 g/mol. The summed E-state index contributed by atoms with van der Waals surface area (Å²) in [5.74, 6) is 0.555. The monoisotopic (exact) mass is 378 g/mol. The molecule has 3 aromatic rings. The fraction of sp³-hybridized carbons (Fsp3) is 0.304. The van der Waals surface area contributed by atoms with Crippen LogP contribution in [0, 0.1) is 6.92 Å². The molecule has 0 spiro atoms. The fourth-order valence-electron chi connectivity index (χ4n) is 3.25. The first-order chi connectivity index (χ1) is 13.5. The van der Waals surface area contributed by atoms with E-state index in [9.17, 15) is 9.59 Å². The van der Waals surface area contributed by atoms with Crippen LogP contribution in [0.5, 0.6) is 5.75 Å². The van der Waals surface area contributed by atoms with E-state index in [0.29, 0.717) is 24.3 Å². The van der Waals surface area contributed by atoms with Gasteiger partial charge >= 0.3 is 0 Å². The number of pyridine rings is 1. The second kappa shape index (κ2) is 8.74. The zero-order chi connectivity index (χ0) is 20.1. The number of ether oxygens (including phenoxy) is 1. The third-order valence-electron chi connectivity index (χ3n) is 4.89. The molecular weight excluding hydrogens is 352 g/mol. The second-order valence-electron chi connectivity index (χ2n) is 6.85. The van der Waals surface area contributed by atoms with Crippen molar-refractivity contribution in [2.75, 3.05) is 11.9 Å². The Labute approximate surface area is 164 Å². The first-order valence-electron chi connectivity index (χ1n) is 9.73. The minimum Gasteiger partial charge on any atom is -0.494 e. The van der Waals surface area contributed by atoms with E-state index in [-0.39, 0.29) is 11.5 Å². The molecule has 0 aliphatic heterocycles. The van der Waals surface area contributed by atoms with E-state index in [1.807, 2.05) is 26.0 Å². The number of H-pyrrole nitrogens is 1. The SMILES string of the molecule is CCCCOc1ccc(C(=O)Nc2ccc3c(C)c(CC)c(=O)[nH]c3c2)cc1. The van der Waals surface area contributed by atoms with E-state index >= 15 is 0 Å². The normalized spacial score (nSPS) is 10.8. The standard InChI is InChI=1S/C23H26N2O3/c1-4-6-13-28-18-10-7-16(8-11-18)22(26)24-17-9-12-20-15(3)19(5-2)23(27)25-21(20)14-17/h7-12,14H,4-6,13H2,1-3H3,(H,24,26)(H,25,27). The zero-order valence-corrected chi connectivity index (χ0v) is 16.6. The van der Waals surface area contributed by atoms with Gasteiger partial charge in [0.2, 0.25) is 0 Å². The summed E-state index contributed by atoms with van der Waals surface area (Å²) in [4.78, 5) is 27.7. The number of aryl methyl sites for hydroxylation is 1. The number of aromatic nitrogens is 1. The van der Waals surface area contributed by atoms with Crippen molar-refractivity contribution in [1.82, 2.24) is 4.98 Å². The van der Waals surface area contributed by atoms with Gasteiger partial charge in [-0.05, 0) is 61.7 Å². The number of anilines is 1. The lowest BCUT2D eigenvalue weighted by atomic mass is 10.0. The number of nitrogens with one attached hydrogen (secondary N) is 2. The summed E-state index contributed by atoms with van der Waals surface area (Å²) >= 11 is 0. The van der Waals surface area contributed by atoms with Gasteiger partial charge in [0, 0.05) is 22.2 Å². The van der Waals surface area contributed by atoms with Crippen LogP contribution in [0.3, 0.4) is 0 Å². The predicted molar refractivity (Wildman–Crippen MR) is 113 cm³/mol. The van der Waals surface area contributed by atoms with Gasteiger partial charge in [-0.3, -0.25) is 9.59 Å². The van der Waals surface area contributed by atoms with Crippen molar-refractivity contribution in [3.8, 4) is 5.75 Å². The summed E-state index contributed by atoms with van der Waals surface area (Å²) in [6.07, 6.45) is 2.77. The third kappa shape index (κ3) is 4.25. The molecule has 1 aromatic heterocycles. The van der Waals surface area contributed by atoms with Crippen LogP contribution in [-0.4, -0.2) is 17.5 Å². The van der Waals surface area contributed by atoms with Crippen molar-refractivity contribution in [3.63, 3.8) is 0 Å². The van der Waals surface area contributed by atoms with E-state index in [1.54, 1.807) is 30.3 Å². The molecule has 5 heteroatoms. The van der Waals surface area contributed by atoms with Gasteiger partial charge in [-0.25, -0.2) is 0 Å². The smallest absolute Gasteiger partial charge is 0.255 e. The van der Waals surface area contributed by atoms with Crippen molar-refractivity contribution in [1.29, 1.82) is 0 Å². The first kappa shape index (κ1) is 19.7. The molecule has 0 fully saturated rings. The molecule has 28 heavy (non-hydrogen) atoms. The topological polar surface area (TPSA) is 71.2 Å². The number of unbranched alkanes of at least 4 members (excludes halogenated alkanes) is 1. The summed E-state index contributed by atoms with van der Waals surface area (Å²) in [5.41, 5.74) is 3.61. The van der Waals surface area contributed by atoms with Gasteiger partial charge in [-0.1, -0.05) is 26.3 Å². The van der Waals surface area contributed by atoms with Gasteiger partial charge in [0.25, 0.3) is 11.5 Å². The van der Waals surface area contributed by atoms with E-state index in [0.717, 1.165) is 40.6 Å². The fourth-order valence-corrected chi connectivity index (χ4v) is 3.25. The minimum atomic E-state index is -0.205. The minimum absolute atomic E-state index is 0.0744. The Hall–Kier alpha value is -3.08. The zero-order valence-electron chi connectivity index (χ0n) is 16.6. The predicted octanol–water partition coefficient (Wildman–Crippen LogP) is 4.83. The van der Waals surface area contributed by atoms with Crippen LogP contribution in [-0.2, 0) is 6.42 Å². The Bertz CT molecular complexity index is 1040. The molecule has 0 saturated carbocycles. The lowest BCUT2D eigenvalue weighted by Crippen LogP contribution is -2.15. The number of hydrogen-bond donors (Lipinski definition) is 2. The van der Waals surface area contributed by atoms with Crippen LogP contribution < -0.4 is 15.6 Å². The maximum absolute atomic E-state index is 12.5. The van der Waals surface area contributed by atoms with E-state index in [1.165, 1.54) is 0 Å². The van der Waals surface area contributed by atoms with E-state index in [2.05, 4.69) is 17.2 Å². The van der Waals surface area contributed by atoms with Crippen molar-refractivity contribution >= 4 is 22.5 Å². The van der Waals surface area contributed by atoms with Crippen molar-refractivity contribution in [2.45, 2.75) is 40.0 Å². The molecule has 1 amide bonds. The molecule has 0 unspecified atom stereocenters. The number of rotatable bonds is 7. The molecule has 146 valence electrons. The van der Waals surface area contributed by atoms with Crippen molar-refractivity contribution in [3.05, 3.63) is 69.5 Å². The molecule has 0 radical (unpaired) electrons. The van der Waals surface area contributed by atoms with Gasteiger partial charge in [0.1, 0.15) is 5.75 Å².